The lowest BCUT2D eigenvalue weighted by atomic mass is 10.8. The number of nitrogens with zero attached hydrogens (tertiary/aromatic N) is 2. The molecule has 0 unspecified atom stereocenters. The van der Waals surface area contributed by atoms with Crippen LogP contribution in [0.2, 0.25) is 0 Å². The summed E-state index contributed by atoms with van der Waals surface area (Å²) in [4.78, 5) is 5.21. The predicted octanol–water partition coefficient (Wildman–Crippen LogP) is 0.218. The summed E-state index contributed by atoms with van der Waals surface area (Å²) in [5.41, 5.74) is 0. The molecule has 12 heavy (non-hydrogen) atoms. The van der Waals surface area contributed by atoms with Crippen molar-refractivity contribution in [2.24, 2.45) is 0 Å². The maximum atomic E-state index is 5.21. The van der Waals surface area contributed by atoms with Crippen LogP contribution >= 0.6 is 0 Å². The molecule has 0 saturated carbocycles. The molecule has 0 saturated heterocycles. The standard InChI is InChI=1S/C8H15N2O2/c1-3-11-8-9-5-6-10(7-9)12-4-2/h5-7H,3-4,8H2,1-2H3/q+1. The summed E-state index contributed by atoms with van der Waals surface area (Å²) in [5, 5.41) is 0. The van der Waals surface area contributed by atoms with Crippen molar-refractivity contribution in [3.8, 4) is 0 Å². The molecule has 68 valence electrons. The zero-order valence-corrected chi connectivity index (χ0v) is 7.56. The van der Waals surface area contributed by atoms with Crippen LogP contribution in [0.25, 0.3) is 0 Å². The smallest absolute Gasteiger partial charge is 0.286 e. The van der Waals surface area contributed by atoms with Crippen molar-refractivity contribution in [1.82, 2.24) is 4.73 Å². The Balaban J connectivity index is 2.41. The van der Waals surface area contributed by atoms with Gasteiger partial charge in [0.2, 0.25) is 0 Å². The van der Waals surface area contributed by atoms with Crippen molar-refractivity contribution in [2.75, 3.05) is 13.2 Å². The fourth-order valence-electron chi connectivity index (χ4n) is 0.873. The van der Waals surface area contributed by atoms with E-state index in [0.717, 1.165) is 6.61 Å². The number of hydrogen-bond acceptors (Lipinski definition) is 2. The van der Waals surface area contributed by atoms with E-state index in [4.69, 9.17) is 9.57 Å². The highest BCUT2D eigenvalue weighted by molar-refractivity contribution is 4.59. The van der Waals surface area contributed by atoms with E-state index in [-0.39, 0.29) is 0 Å². The topological polar surface area (TPSA) is 27.3 Å². The molecule has 0 aliphatic rings. The fourth-order valence-corrected chi connectivity index (χ4v) is 0.873. The summed E-state index contributed by atoms with van der Waals surface area (Å²) in [5.74, 6) is 0. The highest BCUT2D eigenvalue weighted by Gasteiger charge is 2.01. The Bertz CT molecular complexity index is 223. The molecular weight excluding hydrogens is 156 g/mol. The van der Waals surface area contributed by atoms with Gasteiger partial charge in [0.25, 0.3) is 6.33 Å². The molecule has 0 N–H and O–H groups in total. The van der Waals surface area contributed by atoms with Crippen molar-refractivity contribution >= 4 is 0 Å². The second kappa shape index (κ2) is 4.77. The fraction of sp³-hybridized carbons (Fsp3) is 0.625. The summed E-state index contributed by atoms with van der Waals surface area (Å²) in [6.45, 7) is 5.90. The number of aromatic nitrogens is 2. The molecule has 0 radical (unpaired) electrons. The Morgan fingerprint density at radius 1 is 1.33 bits per heavy atom. The first-order valence-electron chi connectivity index (χ1n) is 4.15. The monoisotopic (exact) mass is 171 g/mol. The second-order valence-corrected chi connectivity index (χ2v) is 2.33. The molecule has 1 aromatic rings. The van der Waals surface area contributed by atoms with Gasteiger partial charge in [-0.05, 0) is 13.8 Å². The minimum atomic E-state index is 0.580. The van der Waals surface area contributed by atoms with Gasteiger partial charge in [0.15, 0.2) is 12.9 Å². The van der Waals surface area contributed by atoms with Crippen LogP contribution in [0, 0.1) is 0 Å². The van der Waals surface area contributed by atoms with Crippen LogP contribution in [0.1, 0.15) is 13.8 Å². The number of imidazole rings is 1. The van der Waals surface area contributed by atoms with Crippen LogP contribution in [0.15, 0.2) is 18.7 Å². The van der Waals surface area contributed by atoms with E-state index in [9.17, 15) is 0 Å². The molecule has 0 spiro atoms. The van der Waals surface area contributed by atoms with Gasteiger partial charge in [-0.15, -0.1) is 0 Å². The van der Waals surface area contributed by atoms with Crippen LogP contribution in [0.3, 0.4) is 0 Å². The maximum Gasteiger partial charge on any atom is 0.286 e. The SMILES string of the molecule is CCOC[n+]1ccn(OCC)c1. The van der Waals surface area contributed by atoms with E-state index in [1.807, 2.05) is 37.1 Å². The third-order valence-corrected chi connectivity index (χ3v) is 1.39. The molecule has 0 amide bonds. The zero-order chi connectivity index (χ0) is 8.81. The van der Waals surface area contributed by atoms with Crippen molar-refractivity contribution < 1.29 is 14.1 Å². The lowest BCUT2D eigenvalue weighted by molar-refractivity contribution is -0.732. The Labute approximate surface area is 72.3 Å². The first-order chi connectivity index (χ1) is 5.86. The summed E-state index contributed by atoms with van der Waals surface area (Å²) in [7, 11) is 0. The highest BCUT2D eigenvalue weighted by Crippen LogP contribution is 1.80. The molecular formula is C8H15N2O2+. The Morgan fingerprint density at radius 2 is 2.17 bits per heavy atom. The summed E-state index contributed by atoms with van der Waals surface area (Å²) < 4.78 is 8.79. The number of hydrogen-bond donors (Lipinski definition) is 0. The van der Waals surface area contributed by atoms with Gasteiger partial charge in [0.05, 0.1) is 0 Å². The minimum Gasteiger partial charge on any atom is -0.342 e. The molecule has 0 aliphatic carbocycles. The van der Waals surface area contributed by atoms with Crippen LogP contribution in [0.5, 0.6) is 0 Å². The quantitative estimate of drug-likeness (QED) is 0.592. The first kappa shape index (κ1) is 9.06. The molecule has 0 atom stereocenters. The Morgan fingerprint density at radius 3 is 2.83 bits per heavy atom. The Hall–Kier alpha value is -1.03. The maximum absolute atomic E-state index is 5.21. The average molecular weight is 171 g/mol. The minimum absolute atomic E-state index is 0.580. The summed E-state index contributed by atoms with van der Waals surface area (Å²) in [6.07, 6.45) is 5.60. The summed E-state index contributed by atoms with van der Waals surface area (Å²) in [6, 6.07) is 0. The van der Waals surface area contributed by atoms with Crippen molar-refractivity contribution in [1.29, 1.82) is 0 Å². The molecule has 1 aromatic heterocycles. The third-order valence-electron chi connectivity index (χ3n) is 1.39. The number of rotatable bonds is 5. The van der Waals surface area contributed by atoms with Crippen LogP contribution in [-0.2, 0) is 11.5 Å². The zero-order valence-electron chi connectivity index (χ0n) is 7.56. The largest absolute Gasteiger partial charge is 0.342 e. The molecule has 0 bridgehead atoms. The molecule has 1 rings (SSSR count). The van der Waals surface area contributed by atoms with E-state index in [0.29, 0.717) is 13.3 Å². The van der Waals surface area contributed by atoms with Gasteiger partial charge in [-0.25, -0.2) is 4.57 Å². The van der Waals surface area contributed by atoms with Crippen LogP contribution in [-0.4, -0.2) is 17.9 Å². The van der Waals surface area contributed by atoms with Gasteiger partial charge in [0.1, 0.15) is 12.8 Å². The van der Waals surface area contributed by atoms with Crippen molar-refractivity contribution in [3.63, 3.8) is 0 Å². The van der Waals surface area contributed by atoms with E-state index in [1.165, 1.54) is 0 Å². The average Bonchev–Trinajstić information content (AvgIpc) is 2.50. The highest BCUT2D eigenvalue weighted by atomic mass is 16.7. The van der Waals surface area contributed by atoms with E-state index >= 15 is 0 Å². The normalized spacial score (nSPS) is 10.2. The van der Waals surface area contributed by atoms with Gasteiger partial charge in [0, 0.05) is 6.61 Å². The molecule has 0 fully saturated rings. The van der Waals surface area contributed by atoms with Crippen molar-refractivity contribution in [2.45, 2.75) is 20.6 Å². The second-order valence-electron chi connectivity index (χ2n) is 2.33. The van der Waals surface area contributed by atoms with Gasteiger partial charge in [-0.1, -0.05) is 4.73 Å². The lowest BCUT2D eigenvalue weighted by Crippen LogP contribution is -2.33. The molecule has 0 aliphatic heterocycles. The van der Waals surface area contributed by atoms with Gasteiger partial charge in [-0.2, -0.15) is 0 Å². The predicted molar refractivity (Wildman–Crippen MR) is 43.4 cm³/mol. The van der Waals surface area contributed by atoms with Gasteiger partial charge in [-0.3, -0.25) is 0 Å². The van der Waals surface area contributed by atoms with E-state index < -0.39 is 0 Å². The molecule has 4 nitrogen and oxygen atoms in total. The van der Waals surface area contributed by atoms with Gasteiger partial charge >= 0.3 is 0 Å². The first-order valence-corrected chi connectivity index (χ1v) is 4.15. The lowest BCUT2D eigenvalue weighted by Gasteiger charge is -1.95. The van der Waals surface area contributed by atoms with Crippen LogP contribution < -0.4 is 9.40 Å². The van der Waals surface area contributed by atoms with Crippen molar-refractivity contribution in [3.05, 3.63) is 18.7 Å². The van der Waals surface area contributed by atoms with E-state index in [1.54, 1.807) is 4.73 Å². The third kappa shape index (κ3) is 2.54. The molecule has 0 aromatic carbocycles. The Kier molecular flexibility index (Phi) is 3.60. The van der Waals surface area contributed by atoms with Gasteiger partial charge < -0.3 is 9.57 Å². The molecule has 4 heteroatoms. The molecule has 1 heterocycles. The van der Waals surface area contributed by atoms with Crippen LogP contribution in [0.4, 0.5) is 0 Å². The summed E-state index contributed by atoms with van der Waals surface area (Å²) >= 11 is 0. The number of ether oxygens (including phenoxy) is 1. The van der Waals surface area contributed by atoms with E-state index in [2.05, 4.69) is 0 Å².